The van der Waals surface area contributed by atoms with Gasteiger partial charge >= 0.3 is 6.01 Å². The number of rotatable bonds is 4. The second-order valence-electron chi connectivity index (χ2n) is 10.1. The van der Waals surface area contributed by atoms with Crippen LogP contribution in [0.1, 0.15) is 36.0 Å². The number of benzene rings is 1. The molecule has 0 saturated carbocycles. The first-order valence-electron chi connectivity index (χ1n) is 12.4. The van der Waals surface area contributed by atoms with Gasteiger partial charge in [-0.3, -0.25) is 9.88 Å². The minimum absolute atomic E-state index is 0.000165. The summed E-state index contributed by atoms with van der Waals surface area (Å²) in [5.41, 5.74) is 7.90. The van der Waals surface area contributed by atoms with E-state index >= 15 is 4.39 Å². The van der Waals surface area contributed by atoms with Crippen LogP contribution in [-0.4, -0.2) is 45.1 Å². The molecule has 4 aromatic rings. The molecular formula is C27H21F3N6O2S. The van der Waals surface area contributed by atoms with Crippen LogP contribution in [0.3, 0.4) is 0 Å². The van der Waals surface area contributed by atoms with Crippen LogP contribution in [0.25, 0.3) is 32.2 Å². The zero-order valence-corrected chi connectivity index (χ0v) is 21.4. The van der Waals surface area contributed by atoms with E-state index in [9.17, 15) is 14.0 Å². The summed E-state index contributed by atoms with van der Waals surface area (Å²) in [5, 5.41) is 10.5. The first kappa shape index (κ1) is 24.3. The first-order chi connectivity index (χ1) is 18.9. The Morgan fingerprint density at radius 3 is 2.92 bits per heavy atom. The number of ether oxygens (including phenoxy) is 2. The van der Waals surface area contributed by atoms with Crippen molar-refractivity contribution < 1.29 is 22.6 Å². The summed E-state index contributed by atoms with van der Waals surface area (Å²) in [5.74, 6) is -1.34. The van der Waals surface area contributed by atoms with Crippen LogP contribution < -0.4 is 10.5 Å². The second-order valence-corrected chi connectivity index (χ2v) is 11.2. The number of nitrogens with two attached hydrogens (primary N) is 1. The van der Waals surface area contributed by atoms with Gasteiger partial charge in [0, 0.05) is 29.1 Å². The lowest BCUT2D eigenvalue weighted by Gasteiger charge is -2.30. The summed E-state index contributed by atoms with van der Waals surface area (Å²) in [4.78, 5) is 15.2. The number of hydrogen-bond acceptors (Lipinski definition) is 9. The molecule has 1 unspecified atom stereocenters. The molecule has 0 radical (unpaired) electrons. The molecule has 3 aliphatic heterocycles. The fraction of sp³-hybridized carbons (Fsp3) is 0.333. The highest BCUT2D eigenvalue weighted by molar-refractivity contribution is 7.23. The van der Waals surface area contributed by atoms with E-state index < -0.39 is 11.6 Å². The van der Waals surface area contributed by atoms with Crippen molar-refractivity contribution in [1.29, 1.82) is 5.26 Å². The van der Waals surface area contributed by atoms with Crippen molar-refractivity contribution >= 4 is 37.3 Å². The number of pyridine rings is 1. The molecule has 3 aromatic heterocycles. The van der Waals surface area contributed by atoms with E-state index in [0.29, 0.717) is 35.8 Å². The highest BCUT2D eigenvalue weighted by atomic mass is 32.1. The van der Waals surface area contributed by atoms with Gasteiger partial charge in [-0.15, -0.1) is 11.3 Å². The van der Waals surface area contributed by atoms with Crippen LogP contribution in [0, 0.1) is 23.0 Å². The van der Waals surface area contributed by atoms with E-state index in [1.54, 1.807) is 0 Å². The van der Waals surface area contributed by atoms with E-state index in [0.717, 1.165) is 42.5 Å². The molecule has 8 nitrogen and oxygen atoms in total. The third kappa shape index (κ3) is 3.53. The van der Waals surface area contributed by atoms with Gasteiger partial charge in [-0.05, 0) is 42.5 Å². The number of anilines is 1. The first-order valence-corrected chi connectivity index (χ1v) is 13.3. The van der Waals surface area contributed by atoms with Gasteiger partial charge in [0.2, 0.25) is 0 Å². The maximum absolute atomic E-state index is 16.4. The lowest BCUT2D eigenvalue weighted by Crippen LogP contribution is -2.43. The third-order valence-electron chi connectivity index (χ3n) is 8.04. The third-order valence-corrected chi connectivity index (χ3v) is 9.07. The second kappa shape index (κ2) is 8.87. The minimum atomic E-state index is -0.695. The van der Waals surface area contributed by atoms with E-state index in [-0.39, 0.29) is 68.8 Å². The summed E-state index contributed by atoms with van der Waals surface area (Å²) in [6.07, 6.45) is 5.61. The van der Waals surface area contributed by atoms with Crippen molar-refractivity contribution in [2.45, 2.75) is 38.0 Å². The summed E-state index contributed by atoms with van der Waals surface area (Å²) in [6, 6.07) is 2.01. The summed E-state index contributed by atoms with van der Waals surface area (Å²) in [6.45, 7) is 2.00. The average molecular weight is 551 g/mol. The molecule has 0 bridgehead atoms. The molecule has 1 aromatic carbocycles. The van der Waals surface area contributed by atoms with Gasteiger partial charge in [0.1, 0.15) is 23.2 Å². The summed E-state index contributed by atoms with van der Waals surface area (Å²) in [7, 11) is 0. The number of nitrogens with zero attached hydrogens (tertiary/aromatic N) is 5. The number of fused-ring (bicyclic) bond motifs is 5. The molecule has 2 fully saturated rings. The highest BCUT2D eigenvalue weighted by Crippen LogP contribution is 2.45. The molecule has 2 N–H and O–H groups in total. The SMILES string of the molecule is N#Cc1c(N)sc2c(F)cnc(-c3c4c(c5cnc(OCC67CCCN6CC(=CF)C7)nc5c3F)COC4)c12. The van der Waals surface area contributed by atoms with Crippen molar-refractivity contribution in [3.05, 3.63) is 52.6 Å². The van der Waals surface area contributed by atoms with Crippen molar-refractivity contribution in [3.63, 3.8) is 0 Å². The number of nitriles is 1. The van der Waals surface area contributed by atoms with Gasteiger partial charge in [0.05, 0.1) is 47.2 Å². The normalized spacial score (nSPS) is 21.6. The van der Waals surface area contributed by atoms with E-state index in [2.05, 4.69) is 19.9 Å². The standard InChI is InChI=1S/C27H21F3N6O2S/c28-5-13-4-27(2-1-3-36(27)9-13)12-38-26-34-7-15-16-10-37-11-17(16)19(21(30)22(15)35-26)23-20-14(6-31)25(32)39-24(20)18(29)8-33-23/h5,7-8H,1-4,9-12,32H2. The predicted molar refractivity (Wildman–Crippen MR) is 139 cm³/mol. The number of halogens is 3. The zero-order valence-electron chi connectivity index (χ0n) is 20.6. The number of hydrogen-bond donors (Lipinski definition) is 1. The molecule has 0 amide bonds. The maximum Gasteiger partial charge on any atom is 0.317 e. The molecule has 7 rings (SSSR count). The van der Waals surface area contributed by atoms with Crippen LogP contribution in [0.4, 0.5) is 18.2 Å². The minimum Gasteiger partial charge on any atom is -0.461 e. The molecule has 1 atom stereocenters. The smallest absolute Gasteiger partial charge is 0.317 e. The highest BCUT2D eigenvalue weighted by Gasteiger charge is 2.47. The number of nitrogen functional groups attached to an aromatic ring is 1. The maximum atomic E-state index is 16.4. The van der Waals surface area contributed by atoms with Crippen molar-refractivity contribution in [2.75, 3.05) is 25.4 Å². The quantitative estimate of drug-likeness (QED) is 0.372. The molecule has 6 heterocycles. The van der Waals surface area contributed by atoms with E-state index in [4.69, 9.17) is 15.2 Å². The van der Waals surface area contributed by atoms with Crippen molar-refractivity contribution in [3.8, 4) is 23.3 Å². The molecule has 39 heavy (non-hydrogen) atoms. The molecular weight excluding hydrogens is 529 g/mol. The van der Waals surface area contributed by atoms with Crippen LogP contribution >= 0.6 is 11.3 Å². The van der Waals surface area contributed by atoms with Gasteiger partial charge in [-0.1, -0.05) is 0 Å². The Balaban J connectivity index is 1.36. The lowest BCUT2D eigenvalue weighted by molar-refractivity contribution is 0.108. The Bertz CT molecular complexity index is 1770. The fourth-order valence-corrected chi connectivity index (χ4v) is 7.17. The number of thiophene rings is 1. The zero-order chi connectivity index (χ0) is 26.9. The monoisotopic (exact) mass is 550 g/mol. The Morgan fingerprint density at radius 2 is 2.10 bits per heavy atom. The lowest BCUT2D eigenvalue weighted by atomic mass is 9.94. The van der Waals surface area contributed by atoms with Crippen LogP contribution in [0.5, 0.6) is 6.01 Å². The molecule has 0 aliphatic carbocycles. The van der Waals surface area contributed by atoms with Crippen molar-refractivity contribution in [2.24, 2.45) is 0 Å². The largest absolute Gasteiger partial charge is 0.461 e. The molecule has 12 heteroatoms. The average Bonchev–Trinajstić information content (AvgIpc) is 3.70. The van der Waals surface area contributed by atoms with Crippen LogP contribution in [-0.2, 0) is 18.0 Å². The molecule has 3 aliphatic rings. The van der Waals surface area contributed by atoms with Gasteiger partial charge in [-0.2, -0.15) is 10.2 Å². The van der Waals surface area contributed by atoms with E-state index in [1.807, 2.05) is 6.07 Å². The van der Waals surface area contributed by atoms with E-state index in [1.165, 1.54) is 6.20 Å². The van der Waals surface area contributed by atoms with Gasteiger partial charge in [-0.25, -0.2) is 18.2 Å². The van der Waals surface area contributed by atoms with Gasteiger partial charge in [0.15, 0.2) is 11.6 Å². The Morgan fingerprint density at radius 1 is 1.26 bits per heavy atom. The predicted octanol–water partition coefficient (Wildman–Crippen LogP) is 5.14. The Labute approximate surface area is 224 Å². The van der Waals surface area contributed by atoms with Crippen LogP contribution in [0.2, 0.25) is 0 Å². The summed E-state index contributed by atoms with van der Waals surface area (Å²) < 4.78 is 56.1. The molecule has 2 saturated heterocycles. The topological polar surface area (TPSA) is 110 Å². The van der Waals surface area contributed by atoms with Crippen molar-refractivity contribution in [1.82, 2.24) is 19.9 Å². The fourth-order valence-electron chi connectivity index (χ4n) is 6.25. The Hall–Kier alpha value is -3.79. The molecule has 198 valence electrons. The molecule has 0 spiro atoms. The van der Waals surface area contributed by atoms with Gasteiger partial charge in [0.25, 0.3) is 0 Å². The van der Waals surface area contributed by atoms with Gasteiger partial charge < -0.3 is 15.2 Å². The number of aromatic nitrogens is 3. The Kier molecular flexibility index (Phi) is 5.52. The van der Waals surface area contributed by atoms with Crippen LogP contribution in [0.15, 0.2) is 24.3 Å². The summed E-state index contributed by atoms with van der Waals surface area (Å²) >= 11 is 0.921.